The van der Waals surface area contributed by atoms with E-state index in [0.717, 1.165) is 32.2 Å². The Balaban J connectivity index is 1.54. The lowest BCUT2D eigenvalue weighted by atomic mass is 10.0. The highest BCUT2D eigenvalue weighted by Crippen LogP contribution is 2.30. The summed E-state index contributed by atoms with van der Waals surface area (Å²) in [5.41, 5.74) is 0.669. The first-order valence-electron chi connectivity index (χ1n) is 12.5. The molecule has 2 saturated heterocycles. The molecule has 0 aromatic heterocycles. The molecule has 0 amide bonds. The van der Waals surface area contributed by atoms with Crippen LogP contribution in [-0.2, 0) is 22.3 Å². The van der Waals surface area contributed by atoms with Crippen molar-refractivity contribution in [1.82, 2.24) is 9.80 Å². The van der Waals surface area contributed by atoms with Crippen molar-refractivity contribution in [3.05, 3.63) is 64.2 Å². The van der Waals surface area contributed by atoms with Crippen molar-refractivity contribution >= 4 is 40.9 Å². The predicted octanol–water partition coefficient (Wildman–Crippen LogP) is 4.71. The molecule has 7 nitrogen and oxygen atoms in total. The third-order valence-electron chi connectivity index (χ3n) is 6.85. The number of rotatable bonds is 10. The van der Waals surface area contributed by atoms with Gasteiger partial charge in [0.05, 0.1) is 22.5 Å². The minimum Gasteiger partial charge on any atom is -0.470 e. The minimum absolute atomic E-state index is 0.0933. The van der Waals surface area contributed by atoms with Gasteiger partial charge in [-0.2, -0.15) is 5.10 Å². The van der Waals surface area contributed by atoms with Crippen LogP contribution in [0.1, 0.15) is 24.0 Å². The predicted molar refractivity (Wildman–Crippen MR) is 146 cm³/mol. The van der Waals surface area contributed by atoms with Crippen LogP contribution in [0.2, 0.25) is 5.02 Å². The number of likely N-dealkylation sites (tertiary alicyclic amines) is 2. The molecule has 0 N–H and O–H groups in total. The van der Waals surface area contributed by atoms with Gasteiger partial charge in [0.25, 0.3) is 6.43 Å². The van der Waals surface area contributed by atoms with Crippen molar-refractivity contribution in [2.75, 3.05) is 44.1 Å². The molecule has 2 heterocycles. The maximum absolute atomic E-state index is 15.3. The minimum atomic E-state index is -2.75. The van der Waals surface area contributed by atoms with Gasteiger partial charge in [-0.15, -0.1) is 5.10 Å². The van der Waals surface area contributed by atoms with Crippen LogP contribution in [0.5, 0.6) is 0 Å². The van der Waals surface area contributed by atoms with E-state index >= 15 is 4.39 Å². The first-order chi connectivity index (χ1) is 18.7. The smallest absolute Gasteiger partial charge is 0.272 e. The standard InChI is InChI=1S/C26H30ClF4N5O2S/c1-32-33-26(38-16-25(30)31)17-3-4-18(24(29)11-17)13-36(19-5-6-23(28)22(27)12-19)39(37)21-7-9-35(10-8-21)20-14-34(2)15-20/h3-6,11-12,20-21,25H,1,7-10,13-16H2,2H3/b33-26-. The van der Waals surface area contributed by atoms with Crippen molar-refractivity contribution in [3.8, 4) is 0 Å². The average Bonchev–Trinajstić information content (AvgIpc) is 2.90. The van der Waals surface area contributed by atoms with E-state index in [-0.39, 0.29) is 33.8 Å². The normalized spacial score (nSPS) is 18.7. The molecule has 2 aliphatic rings. The molecule has 39 heavy (non-hydrogen) atoms. The van der Waals surface area contributed by atoms with Crippen LogP contribution in [0.15, 0.2) is 46.6 Å². The lowest BCUT2D eigenvalue weighted by molar-refractivity contribution is 0.0410. The van der Waals surface area contributed by atoms with Gasteiger partial charge in [-0.25, -0.2) is 21.8 Å². The molecule has 1 unspecified atom stereocenters. The fraction of sp³-hybridized carbons (Fsp3) is 0.462. The third-order valence-corrected chi connectivity index (χ3v) is 8.96. The molecule has 2 fully saturated rings. The Morgan fingerprint density at radius 1 is 1.18 bits per heavy atom. The van der Waals surface area contributed by atoms with E-state index in [0.29, 0.717) is 24.6 Å². The van der Waals surface area contributed by atoms with Crippen molar-refractivity contribution in [2.24, 2.45) is 10.2 Å². The van der Waals surface area contributed by atoms with Crippen LogP contribution in [0.4, 0.5) is 23.2 Å². The molecule has 0 bridgehead atoms. The summed E-state index contributed by atoms with van der Waals surface area (Å²) >= 11 is 6.03. The first-order valence-corrected chi connectivity index (χ1v) is 14.0. The van der Waals surface area contributed by atoms with Crippen molar-refractivity contribution < 1.29 is 26.5 Å². The molecule has 212 valence electrons. The molecule has 0 radical (unpaired) electrons. The number of likely N-dealkylation sites (N-methyl/N-ethyl adjacent to an activating group) is 1. The van der Waals surface area contributed by atoms with E-state index in [1.54, 1.807) is 0 Å². The highest BCUT2D eigenvalue weighted by molar-refractivity contribution is 7.87. The number of benzene rings is 2. The zero-order valence-electron chi connectivity index (χ0n) is 21.4. The molecule has 0 saturated carbocycles. The van der Waals surface area contributed by atoms with E-state index in [4.69, 9.17) is 16.3 Å². The Labute approximate surface area is 232 Å². The van der Waals surface area contributed by atoms with Crippen molar-refractivity contribution in [2.45, 2.75) is 37.1 Å². The van der Waals surface area contributed by atoms with Gasteiger partial charge in [-0.05, 0) is 63.3 Å². The Morgan fingerprint density at radius 3 is 2.49 bits per heavy atom. The van der Waals surface area contributed by atoms with Crippen molar-refractivity contribution in [1.29, 1.82) is 0 Å². The van der Waals surface area contributed by atoms with Crippen LogP contribution < -0.4 is 4.31 Å². The first kappa shape index (κ1) is 29.4. The topological polar surface area (TPSA) is 60.7 Å². The van der Waals surface area contributed by atoms with Crippen LogP contribution in [-0.4, -0.2) is 84.2 Å². The summed E-state index contributed by atoms with van der Waals surface area (Å²) in [5.74, 6) is -1.61. The molecular weight excluding hydrogens is 558 g/mol. The summed E-state index contributed by atoms with van der Waals surface area (Å²) < 4.78 is 74.7. The number of anilines is 1. The van der Waals surface area contributed by atoms with E-state index in [1.807, 2.05) is 0 Å². The van der Waals surface area contributed by atoms with Gasteiger partial charge in [0.15, 0.2) is 6.61 Å². The highest BCUT2D eigenvalue weighted by atomic mass is 35.5. The molecule has 0 aliphatic carbocycles. The number of ether oxygens (including phenoxy) is 1. The molecule has 1 atom stereocenters. The van der Waals surface area contributed by atoms with Gasteiger partial charge in [-0.1, -0.05) is 17.7 Å². The van der Waals surface area contributed by atoms with E-state index in [1.165, 1.54) is 34.6 Å². The lowest BCUT2D eigenvalue weighted by Gasteiger charge is -2.46. The summed E-state index contributed by atoms with van der Waals surface area (Å²) in [6.07, 6.45) is -1.34. The van der Waals surface area contributed by atoms with E-state index in [9.17, 15) is 17.4 Å². The Hall–Kier alpha value is -2.54. The van der Waals surface area contributed by atoms with Gasteiger partial charge in [0, 0.05) is 37.0 Å². The fourth-order valence-corrected chi connectivity index (χ4v) is 6.49. The zero-order chi connectivity index (χ0) is 28.1. The van der Waals surface area contributed by atoms with Crippen LogP contribution in [0, 0.1) is 11.6 Å². The van der Waals surface area contributed by atoms with Crippen LogP contribution in [0.3, 0.4) is 0 Å². The van der Waals surface area contributed by atoms with E-state index in [2.05, 4.69) is 33.8 Å². The second kappa shape index (κ2) is 13.2. The second-order valence-corrected chi connectivity index (χ2v) is 11.6. The quantitative estimate of drug-likeness (QED) is 0.175. The summed E-state index contributed by atoms with van der Waals surface area (Å²) in [5, 5.41) is 6.56. The number of halogens is 5. The number of hydrogen-bond donors (Lipinski definition) is 0. The largest absolute Gasteiger partial charge is 0.470 e. The van der Waals surface area contributed by atoms with Crippen molar-refractivity contribution in [3.63, 3.8) is 0 Å². The Bertz CT molecular complexity index is 1220. The highest BCUT2D eigenvalue weighted by Gasteiger charge is 2.35. The van der Waals surface area contributed by atoms with Gasteiger partial charge < -0.3 is 9.64 Å². The molecule has 2 aromatic rings. The maximum Gasteiger partial charge on any atom is 0.272 e. The van der Waals surface area contributed by atoms with E-state index < -0.39 is 35.7 Å². The number of alkyl halides is 2. The molecule has 13 heteroatoms. The van der Waals surface area contributed by atoms with Gasteiger partial charge in [0.1, 0.15) is 22.6 Å². The molecule has 0 spiro atoms. The maximum atomic E-state index is 15.3. The molecule has 2 aromatic carbocycles. The summed E-state index contributed by atoms with van der Waals surface area (Å²) in [7, 11) is 0.509. The second-order valence-electron chi connectivity index (χ2n) is 9.58. The van der Waals surface area contributed by atoms with Gasteiger partial charge in [-0.3, -0.25) is 9.21 Å². The average molecular weight is 588 g/mol. The fourth-order valence-electron chi connectivity index (χ4n) is 4.76. The number of hydrogen-bond acceptors (Lipinski definition) is 6. The Morgan fingerprint density at radius 2 is 1.90 bits per heavy atom. The van der Waals surface area contributed by atoms with Crippen LogP contribution in [0.25, 0.3) is 0 Å². The Kier molecular flexibility index (Phi) is 9.97. The molecule has 2 aliphatic heterocycles. The summed E-state index contributed by atoms with van der Waals surface area (Å²) in [6.45, 7) is 5.82. The SMILES string of the molecule is C=N/N=C(\OCC(F)F)c1ccc(CN(c2ccc(F)c(Cl)c2)S(=O)C2CCN(C3CN(C)C3)CC2)c(F)c1. The third kappa shape index (κ3) is 7.36. The number of nitrogens with zero attached hydrogens (tertiary/aromatic N) is 5. The van der Waals surface area contributed by atoms with Crippen LogP contribution >= 0.6 is 11.6 Å². The number of piperidine rings is 1. The lowest BCUT2D eigenvalue weighted by Crippen LogP contribution is -2.59. The summed E-state index contributed by atoms with van der Waals surface area (Å²) in [6, 6.07) is 8.49. The van der Waals surface area contributed by atoms with Gasteiger partial charge >= 0.3 is 0 Å². The van der Waals surface area contributed by atoms with Gasteiger partial charge in [0.2, 0.25) is 5.90 Å². The summed E-state index contributed by atoms with van der Waals surface area (Å²) in [4.78, 5) is 4.67. The zero-order valence-corrected chi connectivity index (χ0v) is 23.0. The molecule has 4 rings (SSSR count). The monoisotopic (exact) mass is 587 g/mol. The molecular formula is C26H30ClF4N5O2S.